The van der Waals surface area contributed by atoms with E-state index in [1.54, 1.807) is 24.3 Å². The molecule has 1 unspecified atom stereocenters. The van der Waals surface area contributed by atoms with E-state index in [-0.39, 0.29) is 5.56 Å². The first-order valence-corrected chi connectivity index (χ1v) is 6.97. The van der Waals surface area contributed by atoms with Gasteiger partial charge in [-0.25, -0.2) is 4.39 Å². The number of halogens is 3. The van der Waals surface area contributed by atoms with Gasteiger partial charge in [0, 0.05) is 15.1 Å². The Morgan fingerprint density at radius 2 is 1.89 bits per heavy atom. The average Bonchev–Trinajstić information content (AvgIpc) is 2.33. The summed E-state index contributed by atoms with van der Waals surface area (Å²) < 4.78 is 14.4. The van der Waals surface area contributed by atoms with Crippen molar-refractivity contribution in [1.29, 1.82) is 0 Å². The summed E-state index contributed by atoms with van der Waals surface area (Å²) in [6, 6.07) is 8.21. The summed E-state index contributed by atoms with van der Waals surface area (Å²) in [5.41, 5.74) is 2.59. The molecule has 100 valence electrons. The van der Waals surface area contributed by atoms with Crippen molar-refractivity contribution in [3.05, 3.63) is 67.9 Å². The first-order valence-electron chi connectivity index (χ1n) is 5.80. The minimum Gasteiger partial charge on any atom is -0.383 e. The molecular formula is C15H13BrClFO. The van der Waals surface area contributed by atoms with Crippen LogP contribution in [0.1, 0.15) is 28.4 Å². The third-order valence-corrected chi connectivity index (χ3v) is 4.21. The second-order valence-corrected chi connectivity index (χ2v) is 5.76. The van der Waals surface area contributed by atoms with E-state index in [0.29, 0.717) is 15.1 Å². The number of aliphatic hydroxyl groups is 1. The zero-order valence-electron chi connectivity index (χ0n) is 10.5. The fraction of sp³-hybridized carbons (Fsp3) is 0.200. The fourth-order valence-corrected chi connectivity index (χ4v) is 2.80. The Balaban J connectivity index is 2.56. The number of benzene rings is 2. The van der Waals surface area contributed by atoms with Crippen molar-refractivity contribution in [2.45, 2.75) is 20.0 Å². The second-order valence-electron chi connectivity index (χ2n) is 4.50. The maximum absolute atomic E-state index is 13.9. The van der Waals surface area contributed by atoms with E-state index in [4.69, 9.17) is 11.6 Å². The molecule has 0 saturated heterocycles. The van der Waals surface area contributed by atoms with E-state index in [1.165, 1.54) is 6.07 Å². The molecule has 0 bridgehead atoms. The molecule has 2 aromatic carbocycles. The first-order chi connectivity index (χ1) is 8.91. The Kier molecular flexibility index (Phi) is 4.29. The molecule has 2 aromatic rings. The van der Waals surface area contributed by atoms with Crippen LogP contribution in [-0.4, -0.2) is 5.11 Å². The van der Waals surface area contributed by atoms with Crippen molar-refractivity contribution in [2.24, 2.45) is 0 Å². The topological polar surface area (TPSA) is 20.2 Å². The standard InChI is InChI=1S/C15H13BrClFO/c1-8-7-12(17)9(2)6-10(8)15(19)14-11(16)4-3-5-13(14)18/h3-7,15,19H,1-2H3. The van der Waals surface area contributed by atoms with Crippen LogP contribution in [0.3, 0.4) is 0 Å². The molecule has 19 heavy (non-hydrogen) atoms. The largest absolute Gasteiger partial charge is 0.383 e. The molecule has 1 N–H and O–H groups in total. The van der Waals surface area contributed by atoms with Gasteiger partial charge in [0.1, 0.15) is 11.9 Å². The molecule has 0 aromatic heterocycles. The van der Waals surface area contributed by atoms with Gasteiger partial charge in [-0.2, -0.15) is 0 Å². The summed E-state index contributed by atoms with van der Waals surface area (Å²) in [5, 5.41) is 11.1. The summed E-state index contributed by atoms with van der Waals surface area (Å²) in [7, 11) is 0. The van der Waals surface area contributed by atoms with Crippen LogP contribution in [0, 0.1) is 19.7 Å². The fourth-order valence-electron chi connectivity index (χ4n) is 2.03. The van der Waals surface area contributed by atoms with Gasteiger partial charge in [-0.1, -0.05) is 39.7 Å². The first kappa shape index (κ1) is 14.5. The van der Waals surface area contributed by atoms with Gasteiger partial charge < -0.3 is 5.11 Å². The summed E-state index contributed by atoms with van der Waals surface area (Å²) in [6.07, 6.45) is -1.02. The van der Waals surface area contributed by atoms with Gasteiger partial charge in [0.15, 0.2) is 0 Å². The lowest BCUT2D eigenvalue weighted by Gasteiger charge is -2.17. The van der Waals surface area contributed by atoms with Crippen molar-refractivity contribution in [2.75, 3.05) is 0 Å². The predicted octanol–water partition coefficient (Wildman–Crippen LogP) is 4.94. The Hall–Kier alpha value is -0.900. The Morgan fingerprint density at radius 1 is 1.21 bits per heavy atom. The minimum atomic E-state index is -1.02. The van der Waals surface area contributed by atoms with E-state index < -0.39 is 11.9 Å². The highest BCUT2D eigenvalue weighted by atomic mass is 79.9. The highest BCUT2D eigenvalue weighted by Gasteiger charge is 2.20. The van der Waals surface area contributed by atoms with Gasteiger partial charge in [0.05, 0.1) is 0 Å². The molecule has 1 atom stereocenters. The lowest BCUT2D eigenvalue weighted by molar-refractivity contribution is 0.213. The van der Waals surface area contributed by atoms with Crippen LogP contribution in [-0.2, 0) is 0 Å². The van der Waals surface area contributed by atoms with E-state index in [9.17, 15) is 9.50 Å². The maximum Gasteiger partial charge on any atom is 0.130 e. The molecule has 1 nitrogen and oxygen atoms in total. The number of aryl methyl sites for hydroxylation is 2. The van der Waals surface area contributed by atoms with Crippen molar-refractivity contribution in [3.63, 3.8) is 0 Å². The van der Waals surface area contributed by atoms with Crippen molar-refractivity contribution in [1.82, 2.24) is 0 Å². The quantitative estimate of drug-likeness (QED) is 0.819. The number of aliphatic hydroxyl groups excluding tert-OH is 1. The maximum atomic E-state index is 13.9. The predicted molar refractivity (Wildman–Crippen MR) is 79.1 cm³/mol. The third-order valence-electron chi connectivity index (χ3n) is 3.12. The third kappa shape index (κ3) is 2.83. The lowest BCUT2D eigenvalue weighted by Crippen LogP contribution is -2.06. The normalized spacial score (nSPS) is 12.5. The molecule has 0 spiro atoms. The zero-order valence-corrected chi connectivity index (χ0v) is 12.9. The van der Waals surface area contributed by atoms with Gasteiger partial charge in [-0.3, -0.25) is 0 Å². The van der Waals surface area contributed by atoms with Crippen molar-refractivity contribution >= 4 is 27.5 Å². The Labute approximate surface area is 125 Å². The number of hydrogen-bond acceptors (Lipinski definition) is 1. The molecule has 0 amide bonds. The molecule has 2 rings (SSSR count). The molecule has 0 radical (unpaired) electrons. The van der Waals surface area contributed by atoms with Crippen molar-refractivity contribution in [3.8, 4) is 0 Å². The Morgan fingerprint density at radius 3 is 2.53 bits per heavy atom. The van der Waals surface area contributed by atoms with Gasteiger partial charge in [0.25, 0.3) is 0 Å². The van der Waals surface area contributed by atoms with Crippen LogP contribution in [0.2, 0.25) is 5.02 Å². The molecule has 0 saturated carbocycles. The SMILES string of the molecule is Cc1cc(C(O)c2c(F)cccc2Br)c(C)cc1Cl. The summed E-state index contributed by atoms with van der Waals surface area (Å²) >= 11 is 9.31. The molecule has 0 aliphatic carbocycles. The molecule has 0 aliphatic heterocycles. The van der Waals surface area contributed by atoms with Crippen LogP contribution < -0.4 is 0 Å². The smallest absolute Gasteiger partial charge is 0.130 e. The Bertz CT molecular complexity index is 608. The number of hydrogen-bond donors (Lipinski definition) is 1. The van der Waals surface area contributed by atoms with E-state index in [0.717, 1.165) is 11.1 Å². The van der Waals surface area contributed by atoms with Gasteiger partial charge in [-0.15, -0.1) is 0 Å². The summed E-state index contributed by atoms with van der Waals surface area (Å²) in [6.45, 7) is 3.70. The minimum absolute atomic E-state index is 0.243. The van der Waals surface area contributed by atoms with Crippen LogP contribution in [0.5, 0.6) is 0 Å². The van der Waals surface area contributed by atoms with Crippen LogP contribution in [0.15, 0.2) is 34.8 Å². The summed E-state index contributed by atoms with van der Waals surface area (Å²) in [4.78, 5) is 0. The van der Waals surface area contributed by atoms with Gasteiger partial charge in [0.2, 0.25) is 0 Å². The highest BCUT2D eigenvalue weighted by Crippen LogP contribution is 2.34. The molecule has 4 heteroatoms. The highest BCUT2D eigenvalue weighted by molar-refractivity contribution is 9.10. The lowest BCUT2D eigenvalue weighted by atomic mass is 9.95. The van der Waals surface area contributed by atoms with Gasteiger partial charge >= 0.3 is 0 Å². The van der Waals surface area contributed by atoms with Crippen LogP contribution >= 0.6 is 27.5 Å². The van der Waals surface area contributed by atoms with Gasteiger partial charge in [-0.05, 0) is 48.7 Å². The van der Waals surface area contributed by atoms with Crippen molar-refractivity contribution < 1.29 is 9.50 Å². The molecular weight excluding hydrogens is 331 g/mol. The van der Waals surface area contributed by atoms with Crippen LogP contribution in [0.25, 0.3) is 0 Å². The molecule has 0 heterocycles. The second kappa shape index (κ2) is 5.61. The molecule has 0 aliphatic rings. The number of rotatable bonds is 2. The summed E-state index contributed by atoms with van der Waals surface area (Å²) in [5.74, 6) is -0.436. The molecule has 0 fully saturated rings. The van der Waals surface area contributed by atoms with Crippen LogP contribution in [0.4, 0.5) is 4.39 Å². The van der Waals surface area contributed by atoms with E-state index in [2.05, 4.69) is 15.9 Å². The monoisotopic (exact) mass is 342 g/mol. The van der Waals surface area contributed by atoms with E-state index >= 15 is 0 Å². The zero-order chi connectivity index (χ0) is 14.2. The van der Waals surface area contributed by atoms with E-state index in [1.807, 2.05) is 13.8 Å². The average molecular weight is 344 g/mol.